The SMILES string of the molecule is COc1ccc(/C=C/CCCCC(CC2=C(C(O)CCCCC(=O)N(C)C)C=CCC2=O)C(=O)O)cc1. The minimum Gasteiger partial charge on any atom is -0.497 e. The summed E-state index contributed by atoms with van der Waals surface area (Å²) in [5.74, 6) is -0.850. The van der Waals surface area contributed by atoms with Crippen molar-refractivity contribution in [3.8, 4) is 5.75 Å². The van der Waals surface area contributed by atoms with Gasteiger partial charge in [-0.15, -0.1) is 0 Å². The summed E-state index contributed by atoms with van der Waals surface area (Å²) in [5.41, 5.74) is 2.05. The van der Waals surface area contributed by atoms with Crippen LogP contribution in [0.1, 0.15) is 69.8 Å². The molecule has 2 N–H and O–H groups in total. The van der Waals surface area contributed by atoms with Crippen molar-refractivity contribution in [1.29, 1.82) is 0 Å². The van der Waals surface area contributed by atoms with E-state index in [1.54, 1.807) is 38.3 Å². The van der Waals surface area contributed by atoms with Crippen LogP contribution >= 0.6 is 0 Å². The molecule has 0 fully saturated rings. The van der Waals surface area contributed by atoms with Crippen molar-refractivity contribution in [3.05, 3.63) is 59.2 Å². The molecule has 1 aromatic carbocycles. The van der Waals surface area contributed by atoms with E-state index in [4.69, 9.17) is 4.74 Å². The highest BCUT2D eigenvalue weighted by Crippen LogP contribution is 2.29. The summed E-state index contributed by atoms with van der Waals surface area (Å²) in [6, 6.07) is 7.78. The minimum atomic E-state index is -0.917. The van der Waals surface area contributed by atoms with E-state index in [0.29, 0.717) is 43.3 Å². The molecule has 7 nitrogen and oxygen atoms in total. The van der Waals surface area contributed by atoms with Crippen LogP contribution in [0.4, 0.5) is 0 Å². The highest BCUT2D eigenvalue weighted by atomic mass is 16.5. The van der Waals surface area contributed by atoms with Crippen molar-refractivity contribution in [2.45, 2.75) is 70.3 Å². The number of amides is 1. The second-order valence-corrected chi connectivity index (χ2v) is 9.71. The first-order chi connectivity index (χ1) is 17.7. The van der Waals surface area contributed by atoms with Gasteiger partial charge in [-0.2, -0.15) is 0 Å². The number of carbonyl (C=O) groups is 3. The summed E-state index contributed by atoms with van der Waals surface area (Å²) in [4.78, 5) is 37.9. The Labute approximate surface area is 220 Å². The van der Waals surface area contributed by atoms with E-state index >= 15 is 0 Å². The van der Waals surface area contributed by atoms with E-state index in [0.717, 1.165) is 30.6 Å². The second-order valence-electron chi connectivity index (χ2n) is 9.71. The molecule has 1 amide bonds. The molecule has 1 aromatic rings. The third-order valence-electron chi connectivity index (χ3n) is 6.66. The van der Waals surface area contributed by atoms with Crippen molar-refractivity contribution < 1.29 is 29.3 Å². The van der Waals surface area contributed by atoms with E-state index in [-0.39, 0.29) is 24.5 Å². The van der Waals surface area contributed by atoms with Crippen LogP contribution in [-0.4, -0.2) is 60.1 Å². The molecule has 2 rings (SSSR count). The van der Waals surface area contributed by atoms with E-state index in [1.165, 1.54) is 0 Å². The maximum Gasteiger partial charge on any atom is 0.306 e. The third kappa shape index (κ3) is 10.4. The van der Waals surface area contributed by atoms with Crippen molar-refractivity contribution >= 4 is 23.7 Å². The number of Topliss-reactive ketones (excluding diaryl/α,β-unsaturated/α-hetero) is 1. The van der Waals surface area contributed by atoms with Gasteiger partial charge < -0.3 is 19.8 Å². The predicted octanol–water partition coefficient (Wildman–Crippen LogP) is 5.19. The average Bonchev–Trinajstić information content (AvgIpc) is 2.88. The van der Waals surface area contributed by atoms with Crippen LogP contribution in [-0.2, 0) is 14.4 Å². The number of benzene rings is 1. The lowest BCUT2D eigenvalue weighted by molar-refractivity contribution is -0.142. The fraction of sp³-hybridized carbons (Fsp3) is 0.500. The van der Waals surface area contributed by atoms with Crippen LogP contribution < -0.4 is 4.74 Å². The largest absolute Gasteiger partial charge is 0.497 e. The summed E-state index contributed by atoms with van der Waals surface area (Å²) < 4.78 is 5.16. The maximum absolute atomic E-state index is 12.7. The van der Waals surface area contributed by atoms with Crippen LogP contribution in [0.25, 0.3) is 6.08 Å². The Kier molecular flexibility index (Phi) is 12.8. The number of methoxy groups -OCH3 is 1. The number of ketones is 1. The number of aliphatic hydroxyl groups is 1. The van der Waals surface area contributed by atoms with Crippen molar-refractivity contribution in [2.75, 3.05) is 21.2 Å². The summed E-state index contributed by atoms with van der Waals surface area (Å²) in [7, 11) is 5.06. The van der Waals surface area contributed by atoms with Gasteiger partial charge in [-0.25, -0.2) is 0 Å². The molecule has 0 saturated heterocycles. The summed E-state index contributed by atoms with van der Waals surface area (Å²) in [5, 5.41) is 20.6. The lowest BCUT2D eigenvalue weighted by Crippen LogP contribution is -2.23. The van der Waals surface area contributed by atoms with Gasteiger partial charge in [0, 0.05) is 32.5 Å². The number of aliphatic hydroxyl groups excluding tert-OH is 1. The van der Waals surface area contributed by atoms with E-state index in [9.17, 15) is 24.6 Å². The predicted molar refractivity (Wildman–Crippen MR) is 145 cm³/mol. The van der Waals surface area contributed by atoms with Crippen LogP contribution in [0.15, 0.2) is 53.6 Å². The van der Waals surface area contributed by atoms with Gasteiger partial charge in [-0.1, -0.05) is 49.3 Å². The molecule has 0 spiro atoms. The first-order valence-corrected chi connectivity index (χ1v) is 13.1. The van der Waals surface area contributed by atoms with Crippen molar-refractivity contribution in [3.63, 3.8) is 0 Å². The second kappa shape index (κ2) is 15.8. The number of unbranched alkanes of at least 4 members (excludes halogenated alkanes) is 3. The summed E-state index contributed by atoms with van der Waals surface area (Å²) in [6.07, 6.45) is 12.2. The molecular formula is C30H41NO6. The quantitative estimate of drug-likeness (QED) is 0.296. The van der Waals surface area contributed by atoms with E-state index < -0.39 is 18.0 Å². The number of carbonyl (C=O) groups excluding carboxylic acids is 2. The number of aliphatic carboxylic acids is 1. The molecule has 7 heteroatoms. The molecule has 202 valence electrons. The molecule has 0 aliphatic heterocycles. The van der Waals surface area contributed by atoms with Crippen LogP contribution in [0.2, 0.25) is 0 Å². The summed E-state index contributed by atoms with van der Waals surface area (Å²) in [6.45, 7) is 0. The van der Waals surface area contributed by atoms with Gasteiger partial charge in [-0.3, -0.25) is 14.4 Å². The zero-order chi connectivity index (χ0) is 27.2. The lowest BCUT2D eigenvalue weighted by Gasteiger charge is -2.22. The molecule has 2 atom stereocenters. The zero-order valence-electron chi connectivity index (χ0n) is 22.3. The van der Waals surface area contributed by atoms with E-state index in [2.05, 4.69) is 6.08 Å². The molecule has 0 radical (unpaired) electrons. The molecule has 1 aliphatic rings. The number of nitrogens with zero attached hydrogens (tertiary/aromatic N) is 1. The Morgan fingerprint density at radius 3 is 2.43 bits per heavy atom. The van der Waals surface area contributed by atoms with Crippen molar-refractivity contribution in [2.24, 2.45) is 5.92 Å². The highest BCUT2D eigenvalue weighted by Gasteiger charge is 2.27. The number of carboxylic acids is 1. The first-order valence-electron chi connectivity index (χ1n) is 13.1. The number of allylic oxidation sites excluding steroid dienone is 3. The molecule has 0 saturated carbocycles. The van der Waals surface area contributed by atoms with Gasteiger partial charge in [-0.05, 0) is 61.8 Å². The molecule has 37 heavy (non-hydrogen) atoms. The molecule has 2 unspecified atom stereocenters. The maximum atomic E-state index is 12.7. The van der Waals surface area contributed by atoms with Gasteiger partial charge in [0.15, 0.2) is 5.78 Å². The summed E-state index contributed by atoms with van der Waals surface area (Å²) >= 11 is 0. The fourth-order valence-electron chi connectivity index (χ4n) is 4.36. The average molecular weight is 512 g/mol. The number of ether oxygens (including phenoxy) is 1. The van der Waals surface area contributed by atoms with Gasteiger partial charge in [0.25, 0.3) is 0 Å². The highest BCUT2D eigenvalue weighted by molar-refractivity contribution is 5.99. The fourth-order valence-corrected chi connectivity index (χ4v) is 4.36. The third-order valence-corrected chi connectivity index (χ3v) is 6.66. The Hall–Kier alpha value is -3.19. The standard InChI is InChI=1S/C30H41NO6/c1-31(2)29(34)16-9-8-14-27(32)25-13-10-15-28(33)26(25)21-23(30(35)36)12-7-5-4-6-11-22-17-19-24(37-3)20-18-22/h6,10-11,13,17-20,23,27,32H,4-5,7-9,12,14-16,21H2,1-3H3,(H,35,36)/b11-6+. The number of hydrogen-bond acceptors (Lipinski definition) is 5. The molecule has 0 heterocycles. The zero-order valence-corrected chi connectivity index (χ0v) is 22.3. The molecular weight excluding hydrogens is 470 g/mol. The molecule has 0 bridgehead atoms. The Balaban J connectivity index is 1.89. The Morgan fingerprint density at radius 2 is 1.78 bits per heavy atom. The van der Waals surface area contributed by atoms with Crippen molar-refractivity contribution in [1.82, 2.24) is 4.90 Å². The Bertz CT molecular complexity index is 990. The van der Waals surface area contributed by atoms with Gasteiger partial charge in [0.05, 0.1) is 19.1 Å². The normalized spacial score (nSPS) is 15.2. The van der Waals surface area contributed by atoms with Crippen LogP contribution in [0.3, 0.4) is 0 Å². The number of hydrogen-bond donors (Lipinski definition) is 2. The monoisotopic (exact) mass is 511 g/mol. The van der Waals surface area contributed by atoms with Crippen LogP contribution in [0.5, 0.6) is 5.75 Å². The lowest BCUT2D eigenvalue weighted by atomic mass is 9.84. The van der Waals surface area contributed by atoms with E-state index in [1.807, 2.05) is 30.3 Å². The molecule has 0 aromatic heterocycles. The first kappa shape index (κ1) is 30.0. The minimum absolute atomic E-state index is 0.0441. The number of carboxylic acid groups (broad SMARTS) is 1. The van der Waals surface area contributed by atoms with Crippen LogP contribution in [0, 0.1) is 5.92 Å². The van der Waals surface area contributed by atoms with Gasteiger partial charge in [0.1, 0.15) is 5.75 Å². The number of rotatable bonds is 16. The topological polar surface area (TPSA) is 104 Å². The smallest absolute Gasteiger partial charge is 0.306 e. The van der Waals surface area contributed by atoms with Gasteiger partial charge in [0.2, 0.25) is 5.91 Å². The van der Waals surface area contributed by atoms with Gasteiger partial charge >= 0.3 is 5.97 Å². The Morgan fingerprint density at radius 1 is 1.08 bits per heavy atom. The molecule has 1 aliphatic carbocycles.